The highest BCUT2D eigenvalue weighted by molar-refractivity contribution is 6.34. The lowest BCUT2D eigenvalue weighted by Crippen LogP contribution is -2.55. The molecule has 0 bridgehead atoms. The first-order valence-electron chi connectivity index (χ1n) is 24.4. The zero-order valence-corrected chi connectivity index (χ0v) is 43.3. The Kier molecular flexibility index (Phi) is 20.6. The van der Waals surface area contributed by atoms with Crippen LogP contribution >= 0.6 is 23.2 Å². The summed E-state index contributed by atoms with van der Waals surface area (Å²) >= 11 is 12.6. The summed E-state index contributed by atoms with van der Waals surface area (Å²) in [5, 5.41) is 6.92. The van der Waals surface area contributed by atoms with E-state index < -0.39 is 0 Å². The molecule has 0 aromatic heterocycles. The topological polar surface area (TPSA) is 244 Å². The Labute approximate surface area is 436 Å². The average molecular weight is 1050 g/mol. The minimum atomic E-state index is -0.369. The van der Waals surface area contributed by atoms with Crippen LogP contribution in [0.25, 0.3) is 0 Å². The Morgan fingerprint density at radius 3 is 1.40 bits per heavy atom. The summed E-state index contributed by atoms with van der Waals surface area (Å²) < 4.78 is 33.4. The van der Waals surface area contributed by atoms with E-state index in [4.69, 9.17) is 63.1 Å². The Morgan fingerprint density at radius 1 is 0.658 bits per heavy atom. The van der Waals surface area contributed by atoms with Crippen molar-refractivity contribution in [3.8, 4) is 11.5 Å². The molecule has 8 rings (SSSR count). The van der Waals surface area contributed by atoms with Gasteiger partial charge < -0.3 is 56.0 Å². The molecule has 4 amide bonds. The Balaban J connectivity index is 0.000000235. The van der Waals surface area contributed by atoms with Gasteiger partial charge in [0.15, 0.2) is 0 Å². The number of para-hydroxylation sites is 2. The number of ether oxygens (including phenoxy) is 6. The fraction of sp³-hybridized carbons (Fsp3) is 0.462. The zero-order valence-electron chi connectivity index (χ0n) is 41.8. The predicted molar refractivity (Wildman–Crippen MR) is 282 cm³/mol. The van der Waals surface area contributed by atoms with Crippen molar-refractivity contribution in [2.24, 2.45) is 0 Å². The number of methoxy groups -OCH3 is 2. The molecule has 0 aliphatic carbocycles. The lowest BCUT2D eigenvalue weighted by molar-refractivity contribution is 0.00720. The summed E-state index contributed by atoms with van der Waals surface area (Å²) in [4.78, 5) is 59.2. The lowest BCUT2D eigenvalue weighted by atomic mass is 10.00. The number of amides is 4. The molecular formula is C52H68Cl2N8O11. The molecule has 0 saturated carbocycles. The number of fused-ring (bicyclic) bond motifs is 2. The Morgan fingerprint density at radius 2 is 1.04 bits per heavy atom. The molecule has 4 aromatic carbocycles. The maximum Gasteiger partial charge on any atom is 0.414 e. The molecule has 19 nitrogen and oxygen atoms in total. The van der Waals surface area contributed by atoms with E-state index in [0.29, 0.717) is 135 Å². The lowest BCUT2D eigenvalue weighted by Gasteiger charge is -2.38. The molecule has 0 radical (unpaired) electrons. The first kappa shape index (κ1) is 56.2. The molecule has 396 valence electrons. The number of hydrogen-bond donors (Lipinski definition) is 4. The van der Waals surface area contributed by atoms with Crippen molar-refractivity contribution in [1.82, 2.24) is 20.4 Å². The van der Waals surface area contributed by atoms with E-state index in [1.165, 1.54) is 0 Å². The highest BCUT2D eigenvalue weighted by Gasteiger charge is 2.35. The second-order valence-corrected chi connectivity index (χ2v) is 18.5. The van der Waals surface area contributed by atoms with Gasteiger partial charge in [0, 0.05) is 102 Å². The number of likely N-dealkylation sites (tertiary alicyclic amines) is 2. The number of rotatable bonds is 16. The minimum absolute atomic E-state index is 0. The van der Waals surface area contributed by atoms with E-state index in [9.17, 15) is 19.2 Å². The number of nitrogen functional groups attached to an aromatic ring is 2. The largest absolute Gasteiger partial charge is 0.492 e. The Hall–Kier alpha value is -6.06. The van der Waals surface area contributed by atoms with Gasteiger partial charge in [-0.3, -0.25) is 29.2 Å². The third-order valence-corrected chi connectivity index (χ3v) is 14.0. The van der Waals surface area contributed by atoms with Crippen LogP contribution in [0.3, 0.4) is 0 Å². The van der Waals surface area contributed by atoms with E-state index in [0.717, 1.165) is 35.6 Å². The van der Waals surface area contributed by atoms with Crippen LogP contribution in [0.4, 0.5) is 32.3 Å². The molecule has 0 spiro atoms. The average Bonchev–Trinajstić information content (AvgIpc) is 4.10. The van der Waals surface area contributed by atoms with Crippen molar-refractivity contribution in [2.45, 2.75) is 63.8 Å². The van der Waals surface area contributed by atoms with Crippen LogP contribution in [-0.2, 0) is 31.8 Å². The van der Waals surface area contributed by atoms with Crippen LogP contribution in [0, 0.1) is 0 Å². The number of hydrogen-bond acceptors (Lipinski definition) is 14. The van der Waals surface area contributed by atoms with Crippen LogP contribution in [-0.4, -0.2) is 157 Å². The first-order chi connectivity index (χ1) is 34.8. The highest BCUT2D eigenvalue weighted by atomic mass is 35.5. The summed E-state index contributed by atoms with van der Waals surface area (Å²) in [6.45, 7) is 10.1. The SMILES string of the molecule is CCOC(=O)N(CCN1CCC(NC(=O)c2cc(Cl)c(N)c3c2OCC3)C(OC)C1)c1ccccc1.CCOC(=O)N(CCN1CCC(NC(=O)c2cc(Cl)c(N)c3c2OCC3)C(OC)C1)c1ccccc1.O. The van der Waals surface area contributed by atoms with E-state index in [-0.39, 0.29) is 53.8 Å². The van der Waals surface area contributed by atoms with Crippen molar-refractivity contribution in [1.29, 1.82) is 0 Å². The maximum atomic E-state index is 13.2. The van der Waals surface area contributed by atoms with Gasteiger partial charge in [0.25, 0.3) is 11.8 Å². The van der Waals surface area contributed by atoms with Crippen molar-refractivity contribution in [2.75, 3.05) is 114 Å². The molecule has 4 aliphatic rings. The highest BCUT2D eigenvalue weighted by Crippen LogP contribution is 2.40. The summed E-state index contributed by atoms with van der Waals surface area (Å²) in [7, 11) is 3.28. The number of carbonyl (C=O) groups excluding carboxylic acids is 4. The number of nitrogens with zero attached hydrogens (tertiary/aromatic N) is 4. The standard InChI is InChI=1S/2C26H33ClN4O5.H2O/c2*1-3-35-26(33)31(17-7-5-4-6-8-17)13-12-30-11-9-21(22(16-30)34-2)29-25(32)19-15-20(27)23(28)18-10-14-36-24(18)19;/h2*4-8,15,21-22H,3,9-14,16,28H2,1-2H3,(H,29,32);1H2. The fourth-order valence-corrected chi connectivity index (χ4v) is 9.94. The summed E-state index contributed by atoms with van der Waals surface area (Å²) in [5.74, 6) is 0.516. The van der Waals surface area contributed by atoms with Gasteiger partial charge >= 0.3 is 12.2 Å². The van der Waals surface area contributed by atoms with Gasteiger partial charge in [0.2, 0.25) is 0 Å². The van der Waals surface area contributed by atoms with Gasteiger partial charge in [-0.2, -0.15) is 0 Å². The molecule has 4 heterocycles. The van der Waals surface area contributed by atoms with E-state index in [1.54, 1.807) is 50.0 Å². The molecule has 4 aromatic rings. The molecule has 21 heteroatoms. The zero-order chi connectivity index (χ0) is 51.3. The number of nitrogens with two attached hydrogens (primary N) is 2. The van der Waals surface area contributed by atoms with Gasteiger partial charge in [-0.15, -0.1) is 0 Å². The van der Waals surface area contributed by atoms with Crippen molar-refractivity contribution >= 4 is 70.0 Å². The number of nitrogens with one attached hydrogen (secondary N) is 2. The van der Waals surface area contributed by atoms with Crippen molar-refractivity contribution < 1.29 is 53.1 Å². The predicted octanol–water partition coefficient (Wildman–Crippen LogP) is 5.85. The Bertz CT molecular complexity index is 2340. The van der Waals surface area contributed by atoms with Crippen LogP contribution < -0.4 is 41.4 Å². The second-order valence-electron chi connectivity index (χ2n) is 17.7. The van der Waals surface area contributed by atoms with Crippen LogP contribution in [0.1, 0.15) is 58.5 Å². The molecule has 2 fully saturated rings. The number of carbonyl (C=O) groups is 4. The molecule has 2 saturated heterocycles. The van der Waals surface area contributed by atoms with Gasteiger partial charge in [-0.25, -0.2) is 9.59 Å². The summed E-state index contributed by atoms with van der Waals surface area (Å²) in [5.41, 5.74) is 17.0. The van der Waals surface area contributed by atoms with Crippen LogP contribution in [0.2, 0.25) is 10.0 Å². The van der Waals surface area contributed by atoms with Crippen molar-refractivity contribution in [3.63, 3.8) is 0 Å². The quantitative estimate of drug-likeness (QED) is 0.0962. The maximum absolute atomic E-state index is 13.2. The summed E-state index contributed by atoms with van der Waals surface area (Å²) in [6.07, 6.45) is 1.49. The molecule has 4 aliphatic heterocycles. The van der Waals surface area contributed by atoms with E-state index >= 15 is 0 Å². The monoisotopic (exact) mass is 1050 g/mol. The second kappa shape index (κ2) is 26.8. The van der Waals surface area contributed by atoms with Gasteiger partial charge in [0.05, 0.1) is 83.3 Å². The van der Waals surface area contributed by atoms with Crippen LogP contribution in [0.5, 0.6) is 11.5 Å². The third kappa shape index (κ3) is 13.8. The first-order valence-corrected chi connectivity index (χ1v) is 25.2. The number of anilines is 4. The number of piperidine rings is 2. The van der Waals surface area contributed by atoms with Crippen molar-refractivity contribution in [3.05, 3.63) is 105 Å². The summed E-state index contributed by atoms with van der Waals surface area (Å²) in [6, 6.07) is 21.7. The van der Waals surface area contributed by atoms with Gasteiger partial charge in [0.1, 0.15) is 11.5 Å². The number of halogens is 2. The normalized spacial score (nSPS) is 19.0. The fourth-order valence-electron chi connectivity index (χ4n) is 9.49. The molecule has 4 unspecified atom stereocenters. The van der Waals surface area contributed by atoms with E-state index in [1.807, 2.05) is 60.7 Å². The van der Waals surface area contributed by atoms with Gasteiger partial charge in [-0.1, -0.05) is 59.6 Å². The molecule has 4 atom stereocenters. The third-order valence-electron chi connectivity index (χ3n) is 13.3. The molecule has 8 N–H and O–H groups in total. The molecule has 73 heavy (non-hydrogen) atoms. The van der Waals surface area contributed by atoms with Gasteiger partial charge in [-0.05, 0) is 63.1 Å². The smallest absolute Gasteiger partial charge is 0.414 e. The minimum Gasteiger partial charge on any atom is -0.492 e. The molecular weight excluding hydrogens is 984 g/mol. The van der Waals surface area contributed by atoms with Crippen LogP contribution in [0.15, 0.2) is 72.8 Å². The number of benzene rings is 4. The van der Waals surface area contributed by atoms with E-state index in [2.05, 4.69) is 20.4 Å².